The van der Waals surface area contributed by atoms with Crippen LogP contribution in [0.2, 0.25) is 0 Å². The molecule has 76 valence electrons. The molecule has 1 amide bonds. The summed E-state index contributed by atoms with van der Waals surface area (Å²) in [6.45, 7) is 4.05. The molecule has 0 aromatic heterocycles. The average molecular weight is 185 g/mol. The molecule has 0 bridgehead atoms. The normalized spacial score (nSPS) is 18.1. The van der Waals surface area contributed by atoms with Crippen molar-refractivity contribution in [2.45, 2.75) is 52.1 Å². The predicted octanol–water partition coefficient (Wildman–Crippen LogP) is 2.02. The van der Waals surface area contributed by atoms with Gasteiger partial charge in [-0.15, -0.1) is 0 Å². The highest BCUT2D eigenvalue weighted by molar-refractivity contribution is 5.74. The first-order valence-electron chi connectivity index (χ1n) is 5.13. The number of carbonyl (C=O) groups is 1. The molecule has 1 saturated carbocycles. The average Bonchev–Trinajstić information content (AvgIpc) is 2.51. The minimum absolute atomic E-state index is 0.00176. The van der Waals surface area contributed by atoms with Crippen molar-refractivity contribution in [3.05, 3.63) is 0 Å². The second-order valence-corrected chi connectivity index (χ2v) is 4.15. The molecule has 0 saturated heterocycles. The van der Waals surface area contributed by atoms with Gasteiger partial charge in [0.05, 0.1) is 6.10 Å². The topological polar surface area (TPSA) is 38.3 Å². The highest BCUT2D eigenvalue weighted by Gasteiger charge is 2.16. The van der Waals surface area contributed by atoms with Crippen molar-refractivity contribution in [2.24, 2.45) is 5.92 Å². The Morgan fingerprint density at radius 3 is 2.62 bits per heavy atom. The molecule has 0 aliphatic heterocycles. The fourth-order valence-corrected chi connectivity index (χ4v) is 1.57. The third-order valence-electron chi connectivity index (χ3n) is 2.24. The number of hydrogen-bond donors (Lipinski definition) is 1. The minimum Gasteiger partial charge on any atom is -0.273 e. The van der Waals surface area contributed by atoms with Gasteiger partial charge < -0.3 is 0 Å². The smallest absolute Gasteiger partial charge is 0.243 e. The third-order valence-corrected chi connectivity index (χ3v) is 2.24. The first-order chi connectivity index (χ1) is 6.18. The van der Waals surface area contributed by atoms with Gasteiger partial charge in [0.25, 0.3) is 0 Å². The second kappa shape index (κ2) is 5.22. The van der Waals surface area contributed by atoms with Crippen LogP contribution in [0, 0.1) is 5.92 Å². The van der Waals surface area contributed by atoms with Gasteiger partial charge in [-0.1, -0.05) is 26.7 Å². The van der Waals surface area contributed by atoms with E-state index in [-0.39, 0.29) is 12.0 Å². The Bertz CT molecular complexity index is 162. The molecule has 1 fully saturated rings. The third kappa shape index (κ3) is 4.27. The number of amides is 1. The predicted molar refractivity (Wildman–Crippen MR) is 50.9 cm³/mol. The van der Waals surface area contributed by atoms with Crippen molar-refractivity contribution in [2.75, 3.05) is 0 Å². The van der Waals surface area contributed by atoms with Crippen molar-refractivity contribution in [1.82, 2.24) is 5.48 Å². The first-order valence-corrected chi connectivity index (χ1v) is 5.13. The molecule has 3 nitrogen and oxygen atoms in total. The fourth-order valence-electron chi connectivity index (χ4n) is 1.57. The van der Waals surface area contributed by atoms with Crippen molar-refractivity contribution in [3.63, 3.8) is 0 Å². The molecule has 0 unspecified atom stereocenters. The Labute approximate surface area is 79.8 Å². The van der Waals surface area contributed by atoms with E-state index < -0.39 is 0 Å². The van der Waals surface area contributed by atoms with Crippen LogP contribution in [0.25, 0.3) is 0 Å². The summed E-state index contributed by atoms with van der Waals surface area (Å²) >= 11 is 0. The summed E-state index contributed by atoms with van der Waals surface area (Å²) in [7, 11) is 0. The zero-order chi connectivity index (χ0) is 9.68. The van der Waals surface area contributed by atoms with Gasteiger partial charge in [-0.3, -0.25) is 9.63 Å². The van der Waals surface area contributed by atoms with Gasteiger partial charge in [0.2, 0.25) is 5.91 Å². The molecule has 0 aromatic rings. The Balaban J connectivity index is 2.07. The Morgan fingerprint density at radius 2 is 2.08 bits per heavy atom. The molecule has 0 heterocycles. The summed E-state index contributed by atoms with van der Waals surface area (Å²) in [5.74, 6) is 0.397. The first kappa shape index (κ1) is 10.5. The summed E-state index contributed by atoms with van der Waals surface area (Å²) in [5, 5.41) is 0. The molecule has 13 heavy (non-hydrogen) atoms. The highest BCUT2D eigenvalue weighted by Crippen LogP contribution is 2.19. The quantitative estimate of drug-likeness (QED) is 0.680. The van der Waals surface area contributed by atoms with Gasteiger partial charge >= 0.3 is 0 Å². The molecule has 1 rings (SSSR count). The van der Waals surface area contributed by atoms with Crippen LogP contribution in [0.5, 0.6) is 0 Å². The van der Waals surface area contributed by atoms with Crippen molar-refractivity contribution < 1.29 is 9.63 Å². The van der Waals surface area contributed by atoms with E-state index in [1.54, 1.807) is 0 Å². The summed E-state index contributed by atoms with van der Waals surface area (Å²) in [6, 6.07) is 0. The summed E-state index contributed by atoms with van der Waals surface area (Å²) in [5.41, 5.74) is 2.52. The Morgan fingerprint density at radius 1 is 1.46 bits per heavy atom. The van der Waals surface area contributed by atoms with Gasteiger partial charge in [0.15, 0.2) is 0 Å². The molecule has 1 N–H and O–H groups in total. The minimum atomic E-state index is 0.00176. The van der Waals surface area contributed by atoms with E-state index in [0.717, 1.165) is 12.8 Å². The number of carbonyl (C=O) groups excluding carboxylic acids is 1. The van der Waals surface area contributed by atoms with Gasteiger partial charge in [-0.25, -0.2) is 5.48 Å². The van der Waals surface area contributed by atoms with Crippen molar-refractivity contribution in [3.8, 4) is 0 Å². The van der Waals surface area contributed by atoms with Gasteiger partial charge in [0.1, 0.15) is 0 Å². The van der Waals surface area contributed by atoms with E-state index in [2.05, 4.69) is 5.48 Å². The number of hydrogen-bond acceptors (Lipinski definition) is 2. The van der Waals surface area contributed by atoms with E-state index >= 15 is 0 Å². The molecule has 1 aliphatic rings. The Hall–Kier alpha value is -0.570. The van der Waals surface area contributed by atoms with E-state index in [4.69, 9.17) is 4.84 Å². The van der Waals surface area contributed by atoms with Crippen LogP contribution in [-0.2, 0) is 9.63 Å². The Kier molecular flexibility index (Phi) is 4.22. The molecule has 0 radical (unpaired) electrons. The van der Waals surface area contributed by atoms with Crippen LogP contribution in [0.4, 0.5) is 0 Å². The lowest BCUT2D eigenvalue weighted by Crippen LogP contribution is -2.28. The van der Waals surface area contributed by atoms with Gasteiger partial charge in [0, 0.05) is 6.42 Å². The standard InChI is InChI=1S/C10H19NO2/c1-8(2)7-10(12)11-13-9-5-3-4-6-9/h8-9H,3-7H2,1-2H3,(H,11,12). The zero-order valence-electron chi connectivity index (χ0n) is 8.51. The van der Waals surface area contributed by atoms with E-state index in [0.29, 0.717) is 12.3 Å². The maximum Gasteiger partial charge on any atom is 0.243 e. The lowest BCUT2D eigenvalue weighted by Gasteiger charge is -2.11. The molecule has 1 aliphatic carbocycles. The SMILES string of the molecule is CC(C)CC(=O)NOC1CCCC1. The zero-order valence-corrected chi connectivity index (χ0v) is 8.51. The molecular weight excluding hydrogens is 166 g/mol. The van der Waals surface area contributed by atoms with Gasteiger partial charge in [-0.05, 0) is 18.8 Å². The summed E-state index contributed by atoms with van der Waals surface area (Å²) in [4.78, 5) is 16.4. The molecule has 0 atom stereocenters. The molecule has 0 aromatic carbocycles. The lowest BCUT2D eigenvalue weighted by molar-refractivity contribution is -0.138. The lowest BCUT2D eigenvalue weighted by atomic mass is 10.1. The van der Waals surface area contributed by atoms with E-state index in [9.17, 15) is 4.79 Å². The summed E-state index contributed by atoms with van der Waals surface area (Å²) < 4.78 is 0. The van der Waals surface area contributed by atoms with Crippen LogP contribution in [0.1, 0.15) is 46.0 Å². The van der Waals surface area contributed by atoms with E-state index in [1.807, 2.05) is 13.8 Å². The molecular formula is C10H19NO2. The number of rotatable bonds is 4. The van der Waals surface area contributed by atoms with Crippen LogP contribution >= 0.6 is 0 Å². The van der Waals surface area contributed by atoms with Crippen LogP contribution in [0.15, 0.2) is 0 Å². The van der Waals surface area contributed by atoms with Crippen LogP contribution < -0.4 is 5.48 Å². The van der Waals surface area contributed by atoms with E-state index in [1.165, 1.54) is 12.8 Å². The van der Waals surface area contributed by atoms with Gasteiger partial charge in [-0.2, -0.15) is 0 Å². The molecule has 0 spiro atoms. The van der Waals surface area contributed by atoms with Crippen LogP contribution in [0.3, 0.4) is 0 Å². The number of hydroxylamine groups is 1. The maximum absolute atomic E-state index is 11.2. The molecule has 3 heteroatoms. The highest BCUT2D eigenvalue weighted by atomic mass is 16.7. The monoisotopic (exact) mass is 185 g/mol. The van der Waals surface area contributed by atoms with Crippen molar-refractivity contribution in [1.29, 1.82) is 0 Å². The number of nitrogens with one attached hydrogen (secondary N) is 1. The second-order valence-electron chi connectivity index (χ2n) is 4.15. The fraction of sp³-hybridized carbons (Fsp3) is 0.900. The maximum atomic E-state index is 11.2. The van der Waals surface area contributed by atoms with Crippen molar-refractivity contribution >= 4 is 5.91 Å². The largest absolute Gasteiger partial charge is 0.273 e. The summed E-state index contributed by atoms with van der Waals surface area (Å²) in [6.07, 6.45) is 5.43. The van der Waals surface area contributed by atoms with Crippen LogP contribution in [-0.4, -0.2) is 12.0 Å².